The maximum atomic E-state index is 11.2. The predicted octanol–water partition coefficient (Wildman–Crippen LogP) is 3.43. The molecule has 102 valence electrons. The van der Waals surface area contributed by atoms with Crippen LogP contribution in [0.1, 0.15) is 67.1 Å². The van der Waals surface area contributed by atoms with Crippen LogP contribution in [0.5, 0.6) is 0 Å². The second-order valence-electron chi connectivity index (χ2n) is 5.94. The summed E-state index contributed by atoms with van der Waals surface area (Å²) in [5.41, 5.74) is 10.4. The van der Waals surface area contributed by atoms with Crippen molar-refractivity contribution in [3.8, 4) is 0 Å². The van der Waals surface area contributed by atoms with Gasteiger partial charge in [-0.15, -0.1) is 0 Å². The number of hydrogen-bond acceptors (Lipinski definition) is 2. The summed E-state index contributed by atoms with van der Waals surface area (Å²) >= 11 is 0. The highest BCUT2D eigenvalue weighted by Gasteiger charge is 2.30. The highest BCUT2D eigenvalue weighted by atomic mass is 16.4. The van der Waals surface area contributed by atoms with E-state index in [1.165, 1.54) is 43.2 Å². The number of carboxylic acids is 1. The van der Waals surface area contributed by atoms with E-state index in [4.69, 9.17) is 5.73 Å². The van der Waals surface area contributed by atoms with Crippen molar-refractivity contribution in [3.05, 3.63) is 28.8 Å². The van der Waals surface area contributed by atoms with Crippen molar-refractivity contribution in [1.82, 2.24) is 0 Å². The van der Waals surface area contributed by atoms with E-state index in [9.17, 15) is 9.90 Å². The second-order valence-corrected chi connectivity index (χ2v) is 5.94. The van der Waals surface area contributed by atoms with Crippen LogP contribution in [0.4, 0.5) is 5.69 Å². The Morgan fingerprint density at radius 1 is 1.11 bits per heavy atom. The van der Waals surface area contributed by atoms with E-state index in [0.717, 1.165) is 24.1 Å². The van der Waals surface area contributed by atoms with Crippen molar-refractivity contribution in [2.24, 2.45) is 0 Å². The minimum atomic E-state index is -0.719. The summed E-state index contributed by atoms with van der Waals surface area (Å²) in [6.07, 6.45) is 7.97. The zero-order valence-electron chi connectivity index (χ0n) is 11.2. The van der Waals surface area contributed by atoms with Gasteiger partial charge in [-0.1, -0.05) is 25.3 Å². The van der Waals surface area contributed by atoms with E-state index in [-0.39, 0.29) is 5.92 Å². The molecule has 0 heterocycles. The number of carboxylic acid groups (broad SMARTS) is 1. The molecule has 0 aliphatic heterocycles. The van der Waals surface area contributed by atoms with Crippen LogP contribution < -0.4 is 5.73 Å². The normalized spacial score (nSPS) is 23.3. The number of nitrogen functional groups attached to an aromatic ring is 1. The van der Waals surface area contributed by atoms with Gasteiger partial charge >= 0.3 is 5.97 Å². The first kappa shape index (κ1) is 12.5. The molecule has 3 nitrogen and oxygen atoms in total. The fraction of sp³-hybridized carbons (Fsp3) is 0.562. The predicted molar refractivity (Wildman–Crippen MR) is 75.4 cm³/mol. The lowest BCUT2D eigenvalue weighted by atomic mass is 9.82. The first-order chi connectivity index (χ1) is 9.16. The summed E-state index contributed by atoms with van der Waals surface area (Å²) in [4.78, 5) is 11.2. The van der Waals surface area contributed by atoms with Crippen LogP contribution in [-0.4, -0.2) is 11.1 Å². The van der Waals surface area contributed by atoms with E-state index in [1.54, 1.807) is 0 Å². The Labute approximate surface area is 113 Å². The number of nitrogens with two attached hydrogens (primary N) is 1. The monoisotopic (exact) mass is 259 g/mol. The van der Waals surface area contributed by atoms with Crippen LogP contribution in [0.3, 0.4) is 0 Å². The molecule has 3 rings (SSSR count). The minimum Gasteiger partial charge on any atom is -0.481 e. The molecular formula is C16H21NO2. The van der Waals surface area contributed by atoms with Crippen LogP contribution in [0.15, 0.2) is 12.1 Å². The van der Waals surface area contributed by atoms with Crippen LogP contribution >= 0.6 is 0 Å². The van der Waals surface area contributed by atoms with Crippen molar-refractivity contribution in [2.45, 2.75) is 56.8 Å². The summed E-state index contributed by atoms with van der Waals surface area (Å²) in [6.45, 7) is 0. The Morgan fingerprint density at radius 2 is 1.84 bits per heavy atom. The SMILES string of the molecule is Nc1cc2c(cc1C1CCCCC1)CC[C@@H]2C(=O)O. The molecule has 3 N–H and O–H groups in total. The summed E-state index contributed by atoms with van der Waals surface area (Å²) in [5, 5.41) is 9.23. The van der Waals surface area contributed by atoms with Crippen molar-refractivity contribution in [2.75, 3.05) is 5.73 Å². The summed E-state index contributed by atoms with van der Waals surface area (Å²) in [5.74, 6) is -0.482. The average molecular weight is 259 g/mol. The molecule has 1 fully saturated rings. The molecule has 0 aromatic heterocycles. The van der Waals surface area contributed by atoms with Gasteiger partial charge in [0, 0.05) is 5.69 Å². The number of carbonyl (C=O) groups is 1. The van der Waals surface area contributed by atoms with Crippen LogP contribution in [-0.2, 0) is 11.2 Å². The third-order valence-corrected chi connectivity index (χ3v) is 4.77. The number of aliphatic carboxylic acids is 1. The van der Waals surface area contributed by atoms with Gasteiger partial charge in [0.05, 0.1) is 5.92 Å². The topological polar surface area (TPSA) is 63.3 Å². The number of hydrogen-bond donors (Lipinski definition) is 2. The van der Waals surface area contributed by atoms with E-state index in [2.05, 4.69) is 6.07 Å². The molecule has 1 saturated carbocycles. The number of benzene rings is 1. The second kappa shape index (κ2) is 4.87. The van der Waals surface area contributed by atoms with Crippen molar-refractivity contribution in [1.29, 1.82) is 0 Å². The fourth-order valence-corrected chi connectivity index (χ4v) is 3.72. The van der Waals surface area contributed by atoms with Gasteiger partial charge in [-0.3, -0.25) is 4.79 Å². The van der Waals surface area contributed by atoms with Crippen LogP contribution in [0, 0.1) is 0 Å². The number of aryl methyl sites for hydroxylation is 1. The number of rotatable bonds is 2. The molecule has 0 saturated heterocycles. The molecule has 1 aromatic carbocycles. The third-order valence-electron chi connectivity index (χ3n) is 4.77. The lowest BCUT2D eigenvalue weighted by molar-refractivity contribution is -0.138. The molecule has 19 heavy (non-hydrogen) atoms. The Morgan fingerprint density at radius 3 is 2.53 bits per heavy atom. The standard InChI is InChI=1S/C16H21NO2/c17-15-9-13-11(6-7-12(13)16(18)19)8-14(15)10-4-2-1-3-5-10/h8-10,12H,1-7,17H2,(H,18,19)/t12-/m0/s1. The molecule has 0 radical (unpaired) electrons. The van der Waals surface area contributed by atoms with Gasteiger partial charge < -0.3 is 10.8 Å². The smallest absolute Gasteiger partial charge is 0.310 e. The summed E-state index contributed by atoms with van der Waals surface area (Å²) < 4.78 is 0. The Balaban J connectivity index is 1.94. The maximum Gasteiger partial charge on any atom is 0.310 e. The van der Waals surface area contributed by atoms with Gasteiger partial charge in [0.25, 0.3) is 0 Å². The van der Waals surface area contributed by atoms with Crippen LogP contribution in [0.2, 0.25) is 0 Å². The Hall–Kier alpha value is -1.51. The minimum absolute atomic E-state index is 0.349. The Bertz CT molecular complexity index is 504. The molecule has 0 spiro atoms. The van der Waals surface area contributed by atoms with Gasteiger partial charge in [-0.05, 0) is 54.4 Å². The highest BCUT2D eigenvalue weighted by Crippen LogP contribution is 2.41. The zero-order chi connectivity index (χ0) is 13.4. The maximum absolute atomic E-state index is 11.2. The van der Waals surface area contributed by atoms with E-state index < -0.39 is 5.97 Å². The van der Waals surface area contributed by atoms with E-state index >= 15 is 0 Å². The third kappa shape index (κ3) is 2.22. The molecule has 1 aromatic rings. The van der Waals surface area contributed by atoms with Gasteiger partial charge in [0.2, 0.25) is 0 Å². The summed E-state index contributed by atoms with van der Waals surface area (Å²) in [7, 11) is 0. The molecule has 1 atom stereocenters. The first-order valence-corrected chi connectivity index (χ1v) is 7.32. The molecule has 3 heteroatoms. The van der Waals surface area contributed by atoms with Crippen molar-refractivity contribution >= 4 is 11.7 Å². The molecular weight excluding hydrogens is 238 g/mol. The highest BCUT2D eigenvalue weighted by molar-refractivity contribution is 5.79. The van der Waals surface area contributed by atoms with Gasteiger partial charge in [-0.2, -0.15) is 0 Å². The van der Waals surface area contributed by atoms with Gasteiger partial charge in [0.1, 0.15) is 0 Å². The largest absolute Gasteiger partial charge is 0.481 e. The molecule has 0 amide bonds. The van der Waals surface area contributed by atoms with Crippen molar-refractivity contribution < 1.29 is 9.90 Å². The Kier molecular flexibility index (Phi) is 3.21. The van der Waals surface area contributed by atoms with E-state index in [1.807, 2.05) is 6.07 Å². The van der Waals surface area contributed by atoms with Crippen molar-refractivity contribution in [3.63, 3.8) is 0 Å². The number of anilines is 1. The lowest BCUT2D eigenvalue weighted by Crippen LogP contribution is -2.11. The quantitative estimate of drug-likeness (QED) is 0.800. The fourth-order valence-electron chi connectivity index (χ4n) is 3.72. The van der Waals surface area contributed by atoms with Crippen LogP contribution in [0.25, 0.3) is 0 Å². The zero-order valence-corrected chi connectivity index (χ0v) is 11.2. The first-order valence-electron chi connectivity index (χ1n) is 7.32. The van der Waals surface area contributed by atoms with Gasteiger partial charge in [0.15, 0.2) is 0 Å². The molecule has 0 unspecified atom stereocenters. The average Bonchev–Trinajstić information content (AvgIpc) is 2.81. The lowest BCUT2D eigenvalue weighted by Gasteiger charge is -2.24. The molecule has 2 aliphatic carbocycles. The van der Waals surface area contributed by atoms with E-state index in [0.29, 0.717) is 5.92 Å². The molecule has 0 bridgehead atoms. The summed E-state index contributed by atoms with van der Waals surface area (Å²) in [6, 6.07) is 4.13. The number of fused-ring (bicyclic) bond motifs is 1. The molecule has 2 aliphatic rings. The van der Waals surface area contributed by atoms with Gasteiger partial charge in [-0.25, -0.2) is 0 Å².